The lowest BCUT2D eigenvalue weighted by Crippen LogP contribution is -2.50. The Balaban J connectivity index is 1.43. The Labute approximate surface area is 136 Å². The van der Waals surface area contributed by atoms with Crippen LogP contribution in [0.5, 0.6) is 0 Å². The molecule has 1 aliphatic heterocycles. The molecular formula is C18H24FNO3. The van der Waals surface area contributed by atoms with Crippen molar-refractivity contribution in [1.29, 1.82) is 0 Å². The first-order valence-corrected chi connectivity index (χ1v) is 8.44. The molecule has 4 nitrogen and oxygen atoms in total. The fraction of sp³-hybridized carbons (Fsp3) is 0.611. The predicted molar refractivity (Wildman–Crippen MR) is 84.6 cm³/mol. The van der Waals surface area contributed by atoms with Crippen LogP contribution in [0.25, 0.3) is 0 Å². The summed E-state index contributed by atoms with van der Waals surface area (Å²) in [6.45, 7) is 2.00. The van der Waals surface area contributed by atoms with Crippen molar-refractivity contribution < 1.29 is 18.7 Å². The van der Waals surface area contributed by atoms with Crippen LogP contribution in [0, 0.1) is 11.7 Å². The average molecular weight is 321 g/mol. The lowest BCUT2D eigenvalue weighted by molar-refractivity contribution is -0.126. The highest BCUT2D eigenvalue weighted by molar-refractivity contribution is 5.76. The summed E-state index contributed by atoms with van der Waals surface area (Å²) in [5.74, 6) is 0.450. The molecule has 1 aromatic carbocycles. The van der Waals surface area contributed by atoms with Crippen molar-refractivity contribution in [3.63, 3.8) is 0 Å². The number of benzene rings is 1. The van der Waals surface area contributed by atoms with Crippen LogP contribution in [0.2, 0.25) is 0 Å². The molecule has 1 N–H and O–H groups in total. The number of carbonyl (C=O) groups excluding carboxylic acids is 1. The van der Waals surface area contributed by atoms with E-state index in [0.29, 0.717) is 32.0 Å². The highest BCUT2D eigenvalue weighted by Crippen LogP contribution is 2.30. The molecule has 3 rings (SSSR count). The van der Waals surface area contributed by atoms with Crippen LogP contribution >= 0.6 is 0 Å². The fourth-order valence-corrected chi connectivity index (χ4v) is 2.78. The van der Waals surface area contributed by atoms with E-state index >= 15 is 0 Å². The number of rotatable bonds is 7. The SMILES string of the molecule is O=C(CCc1ccc(F)cc1)N[C@@H]1COCC[C@@H]1OCC1CC1. The third kappa shape index (κ3) is 5.29. The number of carbonyl (C=O) groups is 1. The first-order valence-electron chi connectivity index (χ1n) is 8.44. The molecule has 1 saturated carbocycles. The van der Waals surface area contributed by atoms with Crippen molar-refractivity contribution in [2.75, 3.05) is 19.8 Å². The molecule has 0 unspecified atom stereocenters. The van der Waals surface area contributed by atoms with Gasteiger partial charge in [-0.25, -0.2) is 4.39 Å². The second-order valence-corrected chi connectivity index (χ2v) is 6.48. The Morgan fingerprint density at radius 1 is 1.26 bits per heavy atom. The molecule has 0 spiro atoms. The molecule has 126 valence electrons. The van der Waals surface area contributed by atoms with E-state index in [2.05, 4.69) is 5.32 Å². The number of hydrogen-bond donors (Lipinski definition) is 1. The lowest BCUT2D eigenvalue weighted by atomic mass is 10.1. The van der Waals surface area contributed by atoms with E-state index in [0.717, 1.165) is 18.6 Å². The van der Waals surface area contributed by atoms with Gasteiger partial charge in [-0.05, 0) is 49.3 Å². The van der Waals surface area contributed by atoms with E-state index < -0.39 is 0 Å². The fourth-order valence-electron chi connectivity index (χ4n) is 2.78. The first-order chi connectivity index (χ1) is 11.2. The summed E-state index contributed by atoms with van der Waals surface area (Å²) in [7, 11) is 0. The van der Waals surface area contributed by atoms with Gasteiger partial charge in [-0.2, -0.15) is 0 Å². The Morgan fingerprint density at radius 3 is 2.78 bits per heavy atom. The molecule has 1 aliphatic carbocycles. The molecule has 1 saturated heterocycles. The van der Waals surface area contributed by atoms with Crippen molar-refractivity contribution in [3.8, 4) is 0 Å². The molecule has 2 atom stereocenters. The van der Waals surface area contributed by atoms with Crippen LogP contribution in [0.3, 0.4) is 0 Å². The average Bonchev–Trinajstić information content (AvgIpc) is 3.38. The van der Waals surface area contributed by atoms with Gasteiger partial charge in [-0.15, -0.1) is 0 Å². The molecule has 2 fully saturated rings. The Kier molecular flexibility index (Phi) is 5.62. The van der Waals surface area contributed by atoms with Crippen LogP contribution < -0.4 is 5.32 Å². The zero-order valence-electron chi connectivity index (χ0n) is 13.3. The normalized spacial score (nSPS) is 24.4. The molecule has 1 amide bonds. The summed E-state index contributed by atoms with van der Waals surface area (Å²) in [5.41, 5.74) is 0.961. The molecule has 0 aromatic heterocycles. The van der Waals surface area contributed by atoms with E-state index in [4.69, 9.17) is 9.47 Å². The largest absolute Gasteiger partial charge is 0.379 e. The Bertz CT molecular complexity index is 516. The molecule has 0 bridgehead atoms. The molecule has 23 heavy (non-hydrogen) atoms. The number of hydrogen-bond acceptors (Lipinski definition) is 3. The summed E-state index contributed by atoms with van der Waals surface area (Å²) in [4.78, 5) is 12.2. The number of nitrogens with one attached hydrogen (secondary N) is 1. The number of ether oxygens (including phenoxy) is 2. The smallest absolute Gasteiger partial charge is 0.220 e. The van der Waals surface area contributed by atoms with Gasteiger partial charge in [0.1, 0.15) is 5.82 Å². The predicted octanol–water partition coefficient (Wildman–Crippen LogP) is 2.46. The number of amides is 1. The molecule has 2 aliphatic rings. The Morgan fingerprint density at radius 2 is 2.04 bits per heavy atom. The number of halogens is 1. The minimum absolute atomic E-state index is 0.00940. The highest BCUT2D eigenvalue weighted by atomic mass is 19.1. The molecular weight excluding hydrogens is 297 g/mol. The lowest BCUT2D eigenvalue weighted by Gasteiger charge is -2.32. The zero-order chi connectivity index (χ0) is 16.1. The van der Waals surface area contributed by atoms with Crippen LogP contribution in [0.4, 0.5) is 4.39 Å². The van der Waals surface area contributed by atoms with Crippen LogP contribution in [0.15, 0.2) is 24.3 Å². The standard InChI is InChI=1S/C18H24FNO3/c19-15-6-3-13(4-7-15)5-8-18(21)20-16-12-22-10-9-17(16)23-11-14-1-2-14/h3-4,6-7,14,16-17H,1-2,5,8-12H2,(H,20,21)/t16-,17+/m1/s1. The van der Waals surface area contributed by atoms with Crippen molar-refractivity contribution in [2.24, 2.45) is 5.92 Å². The van der Waals surface area contributed by atoms with Crippen LogP contribution in [-0.2, 0) is 20.7 Å². The third-order valence-electron chi connectivity index (χ3n) is 4.44. The second-order valence-electron chi connectivity index (χ2n) is 6.48. The van der Waals surface area contributed by atoms with Gasteiger partial charge >= 0.3 is 0 Å². The van der Waals surface area contributed by atoms with Gasteiger partial charge in [-0.1, -0.05) is 12.1 Å². The molecule has 1 heterocycles. The summed E-state index contributed by atoms with van der Waals surface area (Å²) in [6, 6.07) is 6.21. The monoisotopic (exact) mass is 321 g/mol. The third-order valence-corrected chi connectivity index (χ3v) is 4.44. The van der Waals surface area contributed by atoms with Gasteiger partial charge in [0, 0.05) is 19.6 Å². The zero-order valence-corrected chi connectivity index (χ0v) is 13.3. The Hall–Kier alpha value is -1.46. The van der Waals surface area contributed by atoms with Crippen molar-refractivity contribution in [1.82, 2.24) is 5.32 Å². The van der Waals surface area contributed by atoms with E-state index in [1.807, 2.05) is 0 Å². The van der Waals surface area contributed by atoms with Crippen LogP contribution in [0.1, 0.15) is 31.2 Å². The maximum Gasteiger partial charge on any atom is 0.220 e. The quantitative estimate of drug-likeness (QED) is 0.839. The minimum atomic E-state index is -0.256. The van der Waals surface area contributed by atoms with Crippen molar-refractivity contribution in [2.45, 2.75) is 44.2 Å². The highest BCUT2D eigenvalue weighted by Gasteiger charge is 2.30. The molecule has 0 radical (unpaired) electrons. The molecule has 5 heteroatoms. The van der Waals surface area contributed by atoms with Gasteiger partial charge in [0.05, 0.1) is 18.8 Å². The van der Waals surface area contributed by atoms with E-state index in [1.165, 1.54) is 25.0 Å². The van der Waals surface area contributed by atoms with Gasteiger partial charge in [0.2, 0.25) is 5.91 Å². The number of aryl methyl sites for hydroxylation is 1. The summed E-state index contributed by atoms with van der Waals surface area (Å²) < 4.78 is 24.3. The van der Waals surface area contributed by atoms with Gasteiger partial charge < -0.3 is 14.8 Å². The van der Waals surface area contributed by atoms with Crippen molar-refractivity contribution in [3.05, 3.63) is 35.6 Å². The first kappa shape index (κ1) is 16.4. The summed E-state index contributed by atoms with van der Waals surface area (Å²) in [6.07, 6.45) is 4.40. The topological polar surface area (TPSA) is 47.6 Å². The maximum absolute atomic E-state index is 12.9. The summed E-state index contributed by atoms with van der Waals surface area (Å²) >= 11 is 0. The maximum atomic E-state index is 12.9. The van der Waals surface area contributed by atoms with E-state index in [9.17, 15) is 9.18 Å². The second kappa shape index (κ2) is 7.88. The minimum Gasteiger partial charge on any atom is -0.379 e. The van der Waals surface area contributed by atoms with E-state index in [-0.39, 0.29) is 23.9 Å². The van der Waals surface area contributed by atoms with Gasteiger partial charge in [0.25, 0.3) is 0 Å². The molecule has 1 aromatic rings. The van der Waals surface area contributed by atoms with Gasteiger partial charge in [-0.3, -0.25) is 4.79 Å². The van der Waals surface area contributed by atoms with Crippen LogP contribution in [-0.4, -0.2) is 37.9 Å². The van der Waals surface area contributed by atoms with Crippen molar-refractivity contribution >= 4 is 5.91 Å². The van der Waals surface area contributed by atoms with E-state index in [1.54, 1.807) is 12.1 Å². The van der Waals surface area contributed by atoms with Gasteiger partial charge in [0.15, 0.2) is 0 Å². The summed E-state index contributed by atoms with van der Waals surface area (Å²) in [5, 5.41) is 3.03.